The molecule has 4 nitrogen and oxygen atoms in total. The van der Waals surface area contributed by atoms with Crippen molar-refractivity contribution in [1.29, 1.82) is 0 Å². The zero-order valence-corrected chi connectivity index (χ0v) is 15.0. The van der Waals surface area contributed by atoms with Gasteiger partial charge < -0.3 is 19.4 Å². The van der Waals surface area contributed by atoms with Gasteiger partial charge in [0.25, 0.3) is 0 Å². The smallest absolute Gasteiger partial charge is 0.387 e. The minimum Gasteiger partial charge on any atom is -0.489 e. The van der Waals surface area contributed by atoms with Gasteiger partial charge in [-0.15, -0.1) is 0 Å². The first-order valence-electron chi connectivity index (χ1n) is 12.0. The van der Waals surface area contributed by atoms with Crippen LogP contribution < -0.4 is 9.47 Å². The van der Waals surface area contributed by atoms with Crippen LogP contribution >= 0.6 is 0 Å². The zero-order chi connectivity index (χ0) is 24.7. The Hall–Kier alpha value is -2.60. The number of alkyl halides is 2. The summed E-state index contributed by atoms with van der Waals surface area (Å²) in [6, 6.07) is 10.4. The average molecular weight is 392 g/mol. The van der Waals surface area contributed by atoms with E-state index in [0.29, 0.717) is 23.5 Å². The summed E-state index contributed by atoms with van der Waals surface area (Å²) in [5.41, 5.74) is 3.41. The van der Waals surface area contributed by atoms with Crippen LogP contribution in [-0.2, 0) is 19.3 Å². The van der Waals surface area contributed by atoms with E-state index in [1.165, 1.54) is 6.07 Å². The van der Waals surface area contributed by atoms with Gasteiger partial charge in [-0.25, -0.2) is 0 Å². The van der Waals surface area contributed by atoms with Gasteiger partial charge in [-0.1, -0.05) is 12.1 Å². The summed E-state index contributed by atoms with van der Waals surface area (Å²) >= 11 is 0. The number of nitrogens with zero attached hydrogens (tertiary/aromatic N) is 1. The van der Waals surface area contributed by atoms with Gasteiger partial charge in [0, 0.05) is 44.7 Å². The van der Waals surface area contributed by atoms with Gasteiger partial charge >= 0.3 is 6.61 Å². The highest BCUT2D eigenvalue weighted by molar-refractivity contribution is 5.89. The number of aromatic amines is 1. The Bertz CT molecular complexity index is 1150. The maximum Gasteiger partial charge on any atom is 0.387 e. The van der Waals surface area contributed by atoms with Crippen molar-refractivity contribution in [2.75, 3.05) is 20.5 Å². The molecule has 0 saturated carbocycles. The van der Waals surface area contributed by atoms with Crippen LogP contribution in [0.25, 0.3) is 10.9 Å². The molecule has 0 spiro atoms. The molecule has 148 valence electrons. The van der Waals surface area contributed by atoms with Gasteiger partial charge in [-0.3, -0.25) is 0 Å². The number of hydrogen-bond donors (Lipinski definition) is 1. The summed E-state index contributed by atoms with van der Waals surface area (Å²) in [7, 11) is 0. The molecule has 0 bridgehead atoms. The first-order valence-corrected chi connectivity index (χ1v) is 9.02. The molecule has 1 N–H and O–H groups in total. The minimum atomic E-state index is -2.89. The lowest BCUT2D eigenvalue weighted by Gasteiger charge is -2.15. The quantitative estimate of drug-likeness (QED) is 0.647. The molecule has 0 saturated heterocycles. The average Bonchev–Trinajstić information content (AvgIpc) is 3.29. The molecule has 2 aromatic carbocycles. The van der Waals surface area contributed by atoms with Crippen molar-refractivity contribution in [3.63, 3.8) is 0 Å². The summed E-state index contributed by atoms with van der Waals surface area (Å²) in [6.45, 7) is -8.57. The van der Waals surface area contributed by atoms with Crippen LogP contribution in [0.15, 0.2) is 42.6 Å². The third-order valence-corrected chi connectivity index (χ3v) is 4.95. The number of aromatic nitrogens is 1. The van der Waals surface area contributed by atoms with Gasteiger partial charge in [0.05, 0.1) is 0 Å². The highest BCUT2D eigenvalue weighted by Gasteiger charge is 2.25. The van der Waals surface area contributed by atoms with Crippen LogP contribution in [0.1, 0.15) is 24.9 Å². The largest absolute Gasteiger partial charge is 0.489 e. The second-order valence-electron chi connectivity index (χ2n) is 6.85. The van der Waals surface area contributed by atoms with Crippen LogP contribution in [0, 0.1) is 0 Å². The van der Waals surface area contributed by atoms with Crippen molar-refractivity contribution in [3.05, 3.63) is 59.3 Å². The standard InChI is InChI=1S/C22H24F2N2O2/c1-26(2)9-8-15-13-25-19-4-3-5-20(21(15)19)27-18-10-14-6-7-17(28-22(23)24)11-16(14)12-18/h3-7,11,13,18,22,25H,8-10,12H2,1-2H3/i1D3,2D3. The van der Waals surface area contributed by atoms with E-state index in [-0.39, 0.29) is 24.8 Å². The number of likely N-dealkylation sites (N-methyl/N-ethyl adjacent to an activating group) is 1. The third kappa shape index (κ3) is 3.97. The van der Waals surface area contributed by atoms with Crippen LogP contribution in [0.3, 0.4) is 0 Å². The second kappa shape index (κ2) is 7.80. The van der Waals surface area contributed by atoms with Crippen LogP contribution in [0.2, 0.25) is 0 Å². The number of ether oxygens (including phenoxy) is 2. The van der Waals surface area contributed by atoms with Gasteiger partial charge in [0.1, 0.15) is 17.6 Å². The van der Waals surface area contributed by atoms with Crippen LogP contribution in [0.4, 0.5) is 8.78 Å². The molecule has 3 aromatic rings. The molecule has 1 unspecified atom stereocenters. The van der Waals surface area contributed by atoms with E-state index in [4.69, 9.17) is 13.0 Å². The Kier molecular flexibility index (Phi) is 3.56. The van der Waals surface area contributed by atoms with Crippen molar-refractivity contribution in [2.24, 2.45) is 0 Å². The number of halogens is 2. The number of benzene rings is 2. The van der Waals surface area contributed by atoms with E-state index in [1.54, 1.807) is 24.4 Å². The van der Waals surface area contributed by atoms with E-state index in [1.807, 2.05) is 12.1 Å². The van der Waals surface area contributed by atoms with Crippen molar-refractivity contribution in [2.45, 2.75) is 32.0 Å². The normalized spacial score (nSPS) is 20.2. The Balaban J connectivity index is 1.52. The zero-order valence-electron chi connectivity index (χ0n) is 21.0. The molecule has 1 aliphatic carbocycles. The van der Waals surface area contributed by atoms with Gasteiger partial charge in [0.2, 0.25) is 0 Å². The Morgan fingerprint density at radius 2 is 2.07 bits per heavy atom. The predicted octanol–water partition coefficient (Wildman–Crippen LogP) is 4.42. The highest BCUT2D eigenvalue weighted by atomic mass is 19.3. The van der Waals surface area contributed by atoms with Gasteiger partial charge in [-0.2, -0.15) is 8.78 Å². The number of hydrogen-bond acceptors (Lipinski definition) is 3. The fourth-order valence-electron chi connectivity index (χ4n) is 3.74. The first-order chi connectivity index (χ1) is 15.9. The Morgan fingerprint density at radius 1 is 1.21 bits per heavy atom. The maximum atomic E-state index is 12.5. The van der Waals surface area contributed by atoms with E-state index < -0.39 is 20.6 Å². The molecule has 1 atom stereocenters. The molecule has 28 heavy (non-hydrogen) atoms. The van der Waals surface area contributed by atoms with Crippen molar-refractivity contribution < 1.29 is 26.5 Å². The number of nitrogens with one attached hydrogen (secondary N) is 1. The summed E-state index contributed by atoms with van der Waals surface area (Å²) in [5.74, 6) is 0.697. The number of fused-ring (bicyclic) bond motifs is 2. The van der Waals surface area contributed by atoms with E-state index in [0.717, 1.165) is 27.6 Å². The molecule has 0 radical (unpaired) electrons. The highest BCUT2D eigenvalue weighted by Crippen LogP contribution is 2.34. The lowest BCUT2D eigenvalue weighted by atomic mass is 10.1. The fourth-order valence-corrected chi connectivity index (χ4v) is 3.74. The molecule has 0 fully saturated rings. The van der Waals surface area contributed by atoms with E-state index >= 15 is 0 Å². The third-order valence-electron chi connectivity index (χ3n) is 4.95. The fraction of sp³-hybridized carbons (Fsp3) is 0.364. The van der Waals surface area contributed by atoms with Crippen molar-refractivity contribution in [3.8, 4) is 11.5 Å². The molecule has 1 heterocycles. The SMILES string of the molecule is [2H]C([2H])([2H])N(CCc1c[nH]c2cccc(OC3Cc4ccc(OC(F)F)cc4C3)c12)C([2H])([2H])[2H]. The predicted molar refractivity (Wildman–Crippen MR) is 105 cm³/mol. The molecule has 0 aliphatic heterocycles. The van der Waals surface area contributed by atoms with Crippen LogP contribution in [-0.4, -0.2) is 43.1 Å². The Morgan fingerprint density at radius 3 is 2.89 bits per heavy atom. The van der Waals surface area contributed by atoms with Gasteiger partial charge in [0.15, 0.2) is 0 Å². The number of rotatable bonds is 7. The molecule has 0 amide bonds. The first kappa shape index (κ1) is 12.8. The lowest BCUT2D eigenvalue weighted by Crippen LogP contribution is -2.17. The molecular weight excluding hydrogens is 362 g/mol. The monoisotopic (exact) mass is 392 g/mol. The summed E-state index contributed by atoms with van der Waals surface area (Å²) < 4.78 is 81.2. The molecule has 1 aliphatic rings. The van der Waals surface area contributed by atoms with Crippen molar-refractivity contribution in [1.82, 2.24) is 9.88 Å². The summed E-state index contributed by atoms with van der Waals surface area (Å²) in [4.78, 5) is 3.67. The van der Waals surface area contributed by atoms with Crippen LogP contribution in [0.5, 0.6) is 11.5 Å². The molecular formula is C22H24F2N2O2. The number of H-pyrrole nitrogens is 1. The summed E-state index contributed by atoms with van der Waals surface area (Å²) in [6.07, 6.45) is 2.83. The maximum absolute atomic E-state index is 12.5. The minimum absolute atomic E-state index is 0.109. The van der Waals surface area contributed by atoms with E-state index in [2.05, 4.69) is 9.72 Å². The molecule has 1 aromatic heterocycles. The van der Waals surface area contributed by atoms with Gasteiger partial charge in [-0.05, 0) is 61.3 Å². The van der Waals surface area contributed by atoms with Crippen molar-refractivity contribution >= 4 is 10.9 Å². The molecule has 4 rings (SSSR count). The second-order valence-corrected chi connectivity index (χ2v) is 6.85. The topological polar surface area (TPSA) is 37.5 Å². The molecule has 6 heteroatoms. The lowest BCUT2D eigenvalue weighted by molar-refractivity contribution is -0.0498. The summed E-state index contributed by atoms with van der Waals surface area (Å²) in [5, 5.41) is 0.760. The van der Waals surface area contributed by atoms with E-state index in [9.17, 15) is 8.78 Å². The Labute approximate surface area is 171 Å².